The zero-order chi connectivity index (χ0) is 10.5. The molecule has 0 saturated heterocycles. The van der Waals surface area contributed by atoms with Crippen LogP contribution in [0.4, 0.5) is 0 Å². The second-order valence-electron chi connectivity index (χ2n) is 5.26. The molecule has 0 aliphatic heterocycles. The Balaban J connectivity index is 3.53. The fourth-order valence-corrected chi connectivity index (χ4v) is 1.32. The number of rotatable bonds is 5. The second-order valence-corrected chi connectivity index (χ2v) is 5.26. The van der Waals surface area contributed by atoms with Crippen molar-refractivity contribution in [3.8, 4) is 0 Å². The minimum atomic E-state index is 0.162. The van der Waals surface area contributed by atoms with Crippen molar-refractivity contribution < 1.29 is 0 Å². The van der Waals surface area contributed by atoms with E-state index in [4.69, 9.17) is 0 Å². The molecule has 1 nitrogen and oxygen atoms in total. The van der Waals surface area contributed by atoms with Gasteiger partial charge in [0.25, 0.3) is 0 Å². The molecular formula is C12H25N. The van der Waals surface area contributed by atoms with Gasteiger partial charge in [-0.3, -0.25) is 0 Å². The van der Waals surface area contributed by atoms with Gasteiger partial charge in [0.15, 0.2) is 0 Å². The quantitative estimate of drug-likeness (QED) is 0.685. The number of nitrogens with one attached hydrogen (secondary N) is 1. The third-order valence-corrected chi connectivity index (χ3v) is 1.81. The van der Waals surface area contributed by atoms with Gasteiger partial charge in [0, 0.05) is 11.2 Å². The van der Waals surface area contributed by atoms with Crippen molar-refractivity contribution in [2.24, 2.45) is 5.92 Å². The maximum atomic E-state index is 4.03. The zero-order valence-corrected chi connectivity index (χ0v) is 9.91. The van der Waals surface area contributed by atoms with Crippen molar-refractivity contribution in [3.63, 3.8) is 0 Å². The SMILES string of the molecule is C=C(CCCC(C)C)NC(C)(C)C. The number of hydrogen-bond donors (Lipinski definition) is 1. The maximum absolute atomic E-state index is 4.03. The third kappa shape index (κ3) is 9.45. The molecule has 1 heteroatoms. The lowest BCUT2D eigenvalue weighted by Gasteiger charge is -2.23. The Hall–Kier alpha value is -0.460. The van der Waals surface area contributed by atoms with Gasteiger partial charge in [0.2, 0.25) is 0 Å². The summed E-state index contributed by atoms with van der Waals surface area (Å²) in [6, 6.07) is 0. The first-order valence-corrected chi connectivity index (χ1v) is 5.27. The van der Waals surface area contributed by atoms with E-state index in [9.17, 15) is 0 Å². The Morgan fingerprint density at radius 2 is 1.85 bits per heavy atom. The largest absolute Gasteiger partial charge is 0.384 e. The normalized spacial score (nSPS) is 11.8. The highest BCUT2D eigenvalue weighted by Gasteiger charge is 2.09. The molecule has 0 spiro atoms. The van der Waals surface area contributed by atoms with Gasteiger partial charge in [-0.2, -0.15) is 0 Å². The van der Waals surface area contributed by atoms with E-state index in [0.717, 1.165) is 12.3 Å². The molecule has 0 aromatic rings. The van der Waals surface area contributed by atoms with Gasteiger partial charge in [0.1, 0.15) is 0 Å². The first-order chi connectivity index (χ1) is 5.81. The summed E-state index contributed by atoms with van der Waals surface area (Å²) in [5.41, 5.74) is 1.34. The standard InChI is InChI=1S/C12H25N/c1-10(2)8-7-9-11(3)13-12(4,5)6/h10,13H,3,7-9H2,1-2,4-6H3. The molecule has 0 aliphatic rings. The lowest BCUT2D eigenvalue weighted by Crippen LogP contribution is -2.34. The average Bonchev–Trinajstić information content (AvgIpc) is 1.81. The average molecular weight is 183 g/mol. The van der Waals surface area contributed by atoms with Crippen LogP contribution in [0.15, 0.2) is 12.3 Å². The molecule has 0 fully saturated rings. The summed E-state index contributed by atoms with van der Waals surface area (Å²) in [5, 5.41) is 3.40. The van der Waals surface area contributed by atoms with E-state index in [2.05, 4.69) is 46.5 Å². The van der Waals surface area contributed by atoms with E-state index in [1.54, 1.807) is 0 Å². The first kappa shape index (κ1) is 12.5. The van der Waals surface area contributed by atoms with E-state index in [1.165, 1.54) is 18.5 Å². The molecule has 0 bridgehead atoms. The number of hydrogen-bond acceptors (Lipinski definition) is 1. The third-order valence-electron chi connectivity index (χ3n) is 1.81. The summed E-state index contributed by atoms with van der Waals surface area (Å²) in [5.74, 6) is 0.808. The summed E-state index contributed by atoms with van der Waals surface area (Å²) in [6.07, 6.45) is 3.65. The highest BCUT2D eigenvalue weighted by Crippen LogP contribution is 2.11. The Morgan fingerprint density at radius 1 is 1.31 bits per heavy atom. The molecule has 0 aliphatic carbocycles. The minimum Gasteiger partial charge on any atom is -0.384 e. The van der Waals surface area contributed by atoms with E-state index in [0.29, 0.717) is 0 Å². The highest BCUT2D eigenvalue weighted by molar-refractivity contribution is 4.95. The van der Waals surface area contributed by atoms with Gasteiger partial charge < -0.3 is 5.32 Å². The van der Waals surface area contributed by atoms with Gasteiger partial charge in [0.05, 0.1) is 0 Å². The minimum absolute atomic E-state index is 0.162. The van der Waals surface area contributed by atoms with Crippen LogP contribution >= 0.6 is 0 Å². The molecule has 0 radical (unpaired) electrons. The van der Waals surface area contributed by atoms with Crippen LogP contribution in [0, 0.1) is 5.92 Å². The van der Waals surface area contributed by atoms with Crippen LogP contribution < -0.4 is 5.32 Å². The Bertz CT molecular complexity index is 151. The van der Waals surface area contributed by atoms with E-state index in [1.807, 2.05) is 0 Å². The summed E-state index contributed by atoms with van der Waals surface area (Å²) in [7, 11) is 0. The Kier molecular flexibility index (Phi) is 5.12. The summed E-state index contributed by atoms with van der Waals surface area (Å²) < 4.78 is 0. The smallest absolute Gasteiger partial charge is 0.0286 e. The summed E-state index contributed by atoms with van der Waals surface area (Å²) in [4.78, 5) is 0. The van der Waals surface area contributed by atoms with Crippen LogP contribution in [-0.4, -0.2) is 5.54 Å². The van der Waals surface area contributed by atoms with Gasteiger partial charge in [-0.25, -0.2) is 0 Å². The lowest BCUT2D eigenvalue weighted by atomic mass is 10.0. The zero-order valence-electron chi connectivity index (χ0n) is 9.91. The fraction of sp³-hybridized carbons (Fsp3) is 0.833. The number of allylic oxidation sites excluding steroid dienone is 1. The van der Waals surface area contributed by atoms with Crippen LogP contribution in [0.5, 0.6) is 0 Å². The topological polar surface area (TPSA) is 12.0 Å². The van der Waals surface area contributed by atoms with Crippen LogP contribution in [-0.2, 0) is 0 Å². The van der Waals surface area contributed by atoms with E-state index >= 15 is 0 Å². The predicted octanol–water partition coefficient (Wildman–Crippen LogP) is 3.71. The van der Waals surface area contributed by atoms with Crippen molar-refractivity contribution in [1.29, 1.82) is 0 Å². The van der Waals surface area contributed by atoms with Crippen LogP contribution in [0.25, 0.3) is 0 Å². The van der Waals surface area contributed by atoms with E-state index in [-0.39, 0.29) is 5.54 Å². The molecule has 1 N–H and O–H groups in total. The Morgan fingerprint density at radius 3 is 2.23 bits per heavy atom. The molecule has 0 unspecified atom stereocenters. The highest BCUT2D eigenvalue weighted by atomic mass is 15.0. The molecule has 0 amide bonds. The molecule has 0 aromatic carbocycles. The molecule has 78 valence electrons. The van der Waals surface area contributed by atoms with Crippen molar-refractivity contribution in [1.82, 2.24) is 5.32 Å². The monoisotopic (exact) mass is 183 g/mol. The first-order valence-electron chi connectivity index (χ1n) is 5.27. The molecule has 0 atom stereocenters. The van der Waals surface area contributed by atoms with Crippen molar-refractivity contribution >= 4 is 0 Å². The molecule has 0 saturated carbocycles. The van der Waals surface area contributed by atoms with Crippen LogP contribution in [0.2, 0.25) is 0 Å². The predicted molar refractivity (Wildman–Crippen MR) is 60.7 cm³/mol. The van der Waals surface area contributed by atoms with Crippen LogP contribution in [0.1, 0.15) is 53.9 Å². The van der Waals surface area contributed by atoms with Gasteiger partial charge in [-0.15, -0.1) is 0 Å². The molecule has 0 rings (SSSR count). The maximum Gasteiger partial charge on any atom is 0.0286 e. The molecule has 0 aromatic heterocycles. The van der Waals surface area contributed by atoms with Crippen molar-refractivity contribution in [2.45, 2.75) is 59.4 Å². The molecule has 13 heavy (non-hydrogen) atoms. The fourth-order valence-electron chi connectivity index (χ4n) is 1.32. The molecule has 0 heterocycles. The lowest BCUT2D eigenvalue weighted by molar-refractivity contribution is 0.454. The van der Waals surface area contributed by atoms with Crippen molar-refractivity contribution in [2.75, 3.05) is 0 Å². The van der Waals surface area contributed by atoms with Gasteiger partial charge >= 0.3 is 0 Å². The summed E-state index contributed by atoms with van der Waals surface area (Å²) in [6.45, 7) is 15.1. The summed E-state index contributed by atoms with van der Waals surface area (Å²) >= 11 is 0. The molecular weight excluding hydrogens is 158 g/mol. The van der Waals surface area contributed by atoms with Crippen molar-refractivity contribution in [3.05, 3.63) is 12.3 Å². The Labute approximate surface area is 83.6 Å². The van der Waals surface area contributed by atoms with Gasteiger partial charge in [-0.1, -0.05) is 26.8 Å². The van der Waals surface area contributed by atoms with Crippen LogP contribution in [0.3, 0.4) is 0 Å². The van der Waals surface area contributed by atoms with Gasteiger partial charge in [-0.05, 0) is 39.5 Å². The van der Waals surface area contributed by atoms with E-state index < -0.39 is 0 Å². The second kappa shape index (κ2) is 5.31.